The number of aryl methyl sites for hydroxylation is 2. The Morgan fingerprint density at radius 2 is 1.54 bits per heavy atom. The summed E-state index contributed by atoms with van der Waals surface area (Å²) in [6, 6.07) is 13.8. The van der Waals surface area contributed by atoms with Gasteiger partial charge in [0.15, 0.2) is 0 Å². The van der Waals surface area contributed by atoms with Crippen LogP contribution in [-0.4, -0.2) is 35.3 Å². The molecule has 1 N–H and O–H groups in total. The molecule has 6 nitrogen and oxygen atoms in total. The maximum Gasteiger partial charge on any atom is 0.332 e. The molecule has 0 spiro atoms. The average Bonchev–Trinajstić information content (AvgIpc) is 2.89. The molecule has 3 rings (SSSR count). The largest absolute Gasteiger partial charge is 0.356 e. The fourth-order valence-corrected chi connectivity index (χ4v) is 3.28. The molecule has 0 saturated carbocycles. The van der Waals surface area contributed by atoms with E-state index in [1.807, 2.05) is 57.2 Å². The van der Waals surface area contributed by atoms with Gasteiger partial charge in [-0.3, -0.25) is 9.59 Å². The van der Waals surface area contributed by atoms with Crippen LogP contribution in [0.3, 0.4) is 0 Å². The standard InChI is InChI=1S/C22H25N3O3/c1-4-23-20(26)13-19-21(27)25(18-11-7-16(3)8-12-18)22(28)24(19)14-17-9-5-15(2)6-10-17/h5-12,19H,4,13-14H2,1-3H3,(H,23,26)/t19-/m0/s1. The molecule has 1 fully saturated rings. The Labute approximate surface area is 165 Å². The zero-order valence-corrected chi connectivity index (χ0v) is 16.4. The van der Waals surface area contributed by atoms with Crippen molar-refractivity contribution < 1.29 is 14.4 Å². The number of rotatable bonds is 6. The van der Waals surface area contributed by atoms with Crippen molar-refractivity contribution in [2.75, 3.05) is 11.4 Å². The van der Waals surface area contributed by atoms with Crippen LogP contribution in [0.1, 0.15) is 30.0 Å². The summed E-state index contributed by atoms with van der Waals surface area (Å²) in [4.78, 5) is 41.0. The number of nitrogens with one attached hydrogen (secondary N) is 1. The van der Waals surface area contributed by atoms with Gasteiger partial charge in [-0.1, -0.05) is 47.5 Å². The zero-order valence-electron chi connectivity index (χ0n) is 16.4. The van der Waals surface area contributed by atoms with Crippen LogP contribution in [0.5, 0.6) is 0 Å². The number of urea groups is 1. The van der Waals surface area contributed by atoms with Gasteiger partial charge in [-0.25, -0.2) is 9.69 Å². The minimum absolute atomic E-state index is 0.0490. The molecular weight excluding hydrogens is 354 g/mol. The summed E-state index contributed by atoms with van der Waals surface area (Å²) < 4.78 is 0. The third-order valence-electron chi connectivity index (χ3n) is 4.84. The second-order valence-electron chi connectivity index (χ2n) is 7.08. The summed E-state index contributed by atoms with van der Waals surface area (Å²) in [7, 11) is 0. The second kappa shape index (κ2) is 8.25. The van der Waals surface area contributed by atoms with E-state index in [-0.39, 0.29) is 24.8 Å². The van der Waals surface area contributed by atoms with Gasteiger partial charge in [0.25, 0.3) is 5.91 Å². The molecule has 0 radical (unpaired) electrons. The van der Waals surface area contributed by atoms with Gasteiger partial charge in [0, 0.05) is 13.1 Å². The lowest BCUT2D eigenvalue weighted by Gasteiger charge is -2.21. The van der Waals surface area contributed by atoms with Crippen LogP contribution in [0.4, 0.5) is 10.5 Å². The quantitative estimate of drug-likeness (QED) is 0.784. The second-order valence-corrected chi connectivity index (χ2v) is 7.08. The van der Waals surface area contributed by atoms with Crippen molar-refractivity contribution in [3.63, 3.8) is 0 Å². The summed E-state index contributed by atoms with van der Waals surface area (Å²) >= 11 is 0. The van der Waals surface area contributed by atoms with E-state index < -0.39 is 12.1 Å². The molecule has 0 bridgehead atoms. The van der Waals surface area contributed by atoms with Crippen LogP contribution < -0.4 is 10.2 Å². The molecule has 2 aromatic carbocycles. The Morgan fingerprint density at radius 3 is 2.11 bits per heavy atom. The van der Waals surface area contributed by atoms with Crippen LogP contribution in [0, 0.1) is 13.8 Å². The molecule has 1 heterocycles. The first kappa shape index (κ1) is 19.6. The van der Waals surface area contributed by atoms with Gasteiger partial charge < -0.3 is 10.2 Å². The normalized spacial score (nSPS) is 16.6. The first-order chi connectivity index (χ1) is 13.4. The fourth-order valence-electron chi connectivity index (χ4n) is 3.28. The monoisotopic (exact) mass is 379 g/mol. The summed E-state index contributed by atoms with van der Waals surface area (Å²) in [5, 5.41) is 2.71. The lowest BCUT2D eigenvalue weighted by Crippen LogP contribution is -2.39. The third-order valence-corrected chi connectivity index (χ3v) is 4.84. The summed E-state index contributed by atoms with van der Waals surface area (Å²) in [6.45, 7) is 6.51. The predicted octanol–water partition coefficient (Wildman–Crippen LogP) is 3.17. The molecule has 146 valence electrons. The lowest BCUT2D eigenvalue weighted by molar-refractivity contribution is -0.127. The van der Waals surface area contributed by atoms with Crippen LogP contribution in [0.2, 0.25) is 0 Å². The van der Waals surface area contributed by atoms with Crippen molar-refractivity contribution >= 4 is 23.5 Å². The SMILES string of the molecule is CCNC(=O)C[C@H]1C(=O)N(c2ccc(C)cc2)C(=O)N1Cc1ccc(C)cc1. The highest BCUT2D eigenvalue weighted by Gasteiger charge is 2.46. The minimum atomic E-state index is -0.818. The predicted molar refractivity (Wildman–Crippen MR) is 108 cm³/mol. The first-order valence-electron chi connectivity index (χ1n) is 9.44. The molecule has 0 aromatic heterocycles. The number of imide groups is 1. The van der Waals surface area contributed by atoms with E-state index in [1.165, 1.54) is 9.80 Å². The molecule has 0 unspecified atom stereocenters. The highest BCUT2D eigenvalue weighted by molar-refractivity contribution is 6.22. The van der Waals surface area contributed by atoms with Crippen molar-refractivity contribution in [1.82, 2.24) is 10.2 Å². The average molecular weight is 379 g/mol. The zero-order chi connectivity index (χ0) is 20.3. The highest BCUT2D eigenvalue weighted by atomic mass is 16.2. The van der Waals surface area contributed by atoms with Crippen molar-refractivity contribution in [1.29, 1.82) is 0 Å². The molecule has 4 amide bonds. The van der Waals surface area contributed by atoms with Crippen molar-refractivity contribution in [2.24, 2.45) is 0 Å². The molecule has 1 atom stereocenters. The van der Waals surface area contributed by atoms with Crippen LogP contribution >= 0.6 is 0 Å². The highest BCUT2D eigenvalue weighted by Crippen LogP contribution is 2.28. The van der Waals surface area contributed by atoms with Crippen molar-refractivity contribution in [3.8, 4) is 0 Å². The van der Waals surface area contributed by atoms with Gasteiger partial charge in [0.2, 0.25) is 5.91 Å². The molecule has 2 aromatic rings. The van der Waals surface area contributed by atoms with Crippen LogP contribution in [0.15, 0.2) is 48.5 Å². The topological polar surface area (TPSA) is 69.7 Å². The van der Waals surface area contributed by atoms with Crippen molar-refractivity contribution in [3.05, 3.63) is 65.2 Å². The molecule has 6 heteroatoms. The Balaban J connectivity index is 1.91. The van der Waals surface area contributed by atoms with E-state index in [1.54, 1.807) is 12.1 Å². The molecule has 0 aliphatic carbocycles. The molecular formula is C22H25N3O3. The van der Waals surface area contributed by atoms with Gasteiger partial charge in [0.1, 0.15) is 6.04 Å². The number of hydrogen-bond donors (Lipinski definition) is 1. The van der Waals surface area contributed by atoms with E-state index >= 15 is 0 Å². The van der Waals surface area contributed by atoms with Crippen LogP contribution in [-0.2, 0) is 16.1 Å². The summed E-state index contributed by atoms with van der Waals surface area (Å²) in [5.74, 6) is -0.611. The molecule has 1 saturated heterocycles. The lowest BCUT2D eigenvalue weighted by atomic mass is 10.1. The van der Waals surface area contributed by atoms with Gasteiger partial charge in [0.05, 0.1) is 12.1 Å². The summed E-state index contributed by atoms with van der Waals surface area (Å²) in [5.41, 5.74) is 3.59. The van der Waals surface area contributed by atoms with E-state index in [0.717, 1.165) is 16.7 Å². The Kier molecular flexibility index (Phi) is 5.78. The van der Waals surface area contributed by atoms with Gasteiger partial charge in [-0.05, 0) is 38.5 Å². The first-order valence-corrected chi connectivity index (χ1v) is 9.44. The number of anilines is 1. The maximum atomic E-state index is 13.1. The Bertz CT molecular complexity index is 875. The number of carbonyl (C=O) groups is 3. The van der Waals surface area contributed by atoms with Crippen molar-refractivity contribution in [2.45, 2.75) is 39.8 Å². The number of nitrogens with zero attached hydrogens (tertiary/aromatic N) is 2. The third kappa shape index (κ3) is 4.06. The number of carbonyl (C=O) groups excluding carboxylic acids is 3. The smallest absolute Gasteiger partial charge is 0.332 e. The van der Waals surface area contributed by atoms with Gasteiger partial charge >= 0.3 is 6.03 Å². The molecule has 1 aliphatic rings. The molecule has 1 aliphatic heterocycles. The van der Waals surface area contributed by atoms with Gasteiger partial charge in [-0.2, -0.15) is 0 Å². The summed E-state index contributed by atoms with van der Waals surface area (Å²) in [6.07, 6.45) is -0.0490. The van der Waals surface area contributed by atoms with E-state index in [2.05, 4.69) is 5.32 Å². The Hall–Kier alpha value is -3.15. The number of hydrogen-bond acceptors (Lipinski definition) is 3. The van der Waals surface area contributed by atoms with Gasteiger partial charge in [-0.15, -0.1) is 0 Å². The van der Waals surface area contributed by atoms with Crippen LogP contribution in [0.25, 0.3) is 0 Å². The fraction of sp³-hybridized carbons (Fsp3) is 0.318. The maximum absolute atomic E-state index is 13.1. The number of amides is 4. The number of benzene rings is 2. The minimum Gasteiger partial charge on any atom is -0.356 e. The van der Waals surface area contributed by atoms with E-state index in [9.17, 15) is 14.4 Å². The van der Waals surface area contributed by atoms with E-state index in [4.69, 9.17) is 0 Å². The van der Waals surface area contributed by atoms with E-state index in [0.29, 0.717) is 12.2 Å². The Morgan fingerprint density at radius 1 is 0.964 bits per heavy atom. The molecule has 28 heavy (non-hydrogen) atoms.